The summed E-state index contributed by atoms with van der Waals surface area (Å²) in [5.41, 5.74) is 5.71. The average Bonchev–Trinajstić information content (AvgIpc) is 2.81. The lowest BCUT2D eigenvalue weighted by Crippen LogP contribution is -2.15. The molecule has 2 aromatic rings. The van der Waals surface area contributed by atoms with Crippen molar-refractivity contribution in [3.8, 4) is 11.8 Å². The summed E-state index contributed by atoms with van der Waals surface area (Å²) in [5, 5.41) is 3.98. The first-order valence-corrected chi connectivity index (χ1v) is 7.31. The van der Waals surface area contributed by atoms with Crippen LogP contribution in [0.3, 0.4) is 0 Å². The van der Waals surface area contributed by atoms with Crippen molar-refractivity contribution in [1.29, 1.82) is 0 Å². The summed E-state index contributed by atoms with van der Waals surface area (Å²) in [7, 11) is -2.02. The van der Waals surface area contributed by atoms with E-state index in [2.05, 4.69) is 21.7 Å². The van der Waals surface area contributed by atoms with Crippen molar-refractivity contribution >= 4 is 15.8 Å². The van der Waals surface area contributed by atoms with Gasteiger partial charge < -0.3 is 5.73 Å². The Morgan fingerprint density at radius 1 is 1.35 bits per heavy atom. The Morgan fingerprint density at radius 3 is 2.75 bits per heavy atom. The molecule has 0 unspecified atom stereocenters. The molecule has 0 amide bonds. The summed E-state index contributed by atoms with van der Waals surface area (Å²) in [6.07, 6.45) is 1.65. The van der Waals surface area contributed by atoms with Gasteiger partial charge in [-0.1, -0.05) is 24.0 Å². The summed E-state index contributed by atoms with van der Waals surface area (Å²) in [6, 6.07) is 8.06. The van der Waals surface area contributed by atoms with Crippen LogP contribution in [-0.4, -0.2) is 24.7 Å². The van der Waals surface area contributed by atoms with Crippen molar-refractivity contribution < 1.29 is 8.42 Å². The molecule has 0 saturated heterocycles. The molecule has 104 valence electrons. The number of sulfonamides is 1. The third-order valence-corrected chi connectivity index (χ3v) is 3.87. The number of nitrogens with two attached hydrogens (primary N) is 1. The van der Waals surface area contributed by atoms with E-state index in [0.29, 0.717) is 5.56 Å². The molecule has 0 spiro atoms. The van der Waals surface area contributed by atoms with Crippen molar-refractivity contribution in [3.05, 3.63) is 42.1 Å². The Hall–Kier alpha value is -2.30. The highest BCUT2D eigenvalue weighted by atomic mass is 32.2. The molecule has 1 heterocycles. The van der Waals surface area contributed by atoms with Crippen LogP contribution >= 0.6 is 0 Å². The van der Waals surface area contributed by atoms with Gasteiger partial charge in [0, 0.05) is 24.9 Å². The molecule has 20 heavy (non-hydrogen) atoms. The standard InChI is InChI=1S/C13H14N4O2S/c1-17-10-8-13(15-17)16-20(18,19)12-7-3-2-5-11(12)6-4-9-14/h2-3,5,7-8,10H,9,14H2,1H3,(H,15,16). The molecule has 0 aliphatic rings. The fraction of sp³-hybridized carbons (Fsp3) is 0.154. The topological polar surface area (TPSA) is 90.0 Å². The largest absolute Gasteiger partial charge is 0.320 e. The van der Waals surface area contributed by atoms with E-state index in [1.807, 2.05) is 0 Å². The smallest absolute Gasteiger partial charge is 0.264 e. The van der Waals surface area contributed by atoms with Gasteiger partial charge in [0.2, 0.25) is 0 Å². The lowest BCUT2D eigenvalue weighted by atomic mass is 10.2. The van der Waals surface area contributed by atoms with Crippen LogP contribution in [0.25, 0.3) is 0 Å². The van der Waals surface area contributed by atoms with E-state index in [-0.39, 0.29) is 17.3 Å². The molecular formula is C13H14N4O2S. The van der Waals surface area contributed by atoms with Crippen LogP contribution < -0.4 is 10.5 Å². The van der Waals surface area contributed by atoms with Crippen LogP contribution in [0.4, 0.5) is 5.82 Å². The van der Waals surface area contributed by atoms with E-state index in [0.717, 1.165) is 0 Å². The molecule has 0 saturated carbocycles. The molecule has 3 N–H and O–H groups in total. The van der Waals surface area contributed by atoms with Crippen molar-refractivity contribution in [2.75, 3.05) is 11.3 Å². The Morgan fingerprint density at radius 2 is 2.10 bits per heavy atom. The number of hydrogen-bond donors (Lipinski definition) is 2. The molecule has 0 bridgehead atoms. The van der Waals surface area contributed by atoms with E-state index in [9.17, 15) is 8.42 Å². The van der Waals surface area contributed by atoms with Crippen LogP contribution in [0.5, 0.6) is 0 Å². The normalized spacial score (nSPS) is 10.7. The summed E-state index contributed by atoms with van der Waals surface area (Å²) >= 11 is 0. The zero-order valence-electron chi connectivity index (χ0n) is 10.9. The number of hydrogen-bond acceptors (Lipinski definition) is 4. The first-order valence-electron chi connectivity index (χ1n) is 5.83. The van der Waals surface area contributed by atoms with Gasteiger partial charge >= 0.3 is 0 Å². The number of aryl methyl sites for hydroxylation is 1. The fourth-order valence-corrected chi connectivity index (χ4v) is 2.77. The van der Waals surface area contributed by atoms with Gasteiger partial charge in [-0.2, -0.15) is 5.10 Å². The highest BCUT2D eigenvalue weighted by molar-refractivity contribution is 7.92. The minimum absolute atomic E-state index is 0.103. The number of rotatable bonds is 3. The second-order valence-corrected chi connectivity index (χ2v) is 5.63. The first kappa shape index (κ1) is 14.1. The van der Waals surface area contributed by atoms with Crippen molar-refractivity contribution in [2.24, 2.45) is 12.8 Å². The predicted molar refractivity (Wildman–Crippen MR) is 76.4 cm³/mol. The second kappa shape index (κ2) is 5.77. The molecule has 0 atom stereocenters. The van der Waals surface area contributed by atoms with E-state index in [1.165, 1.54) is 10.7 Å². The van der Waals surface area contributed by atoms with E-state index in [4.69, 9.17) is 5.73 Å². The van der Waals surface area contributed by atoms with E-state index < -0.39 is 10.0 Å². The zero-order chi connectivity index (χ0) is 14.6. The maximum atomic E-state index is 12.3. The summed E-state index contributed by atoms with van der Waals surface area (Å²) < 4.78 is 28.6. The minimum atomic E-state index is -3.73. The molecular weight excluding hydrogens is 276 g/mol. The maximum Gasteiger partial charge on any atom is 0.264 e. The molecule has 0 fully saturated rings. The van der Waals surface area contributed by atoms with Gasteiger partial charge in [-0.3, -0.25) is 9.40 Å². The third-order valence-electron chi connectivity index (χ3n) is 2.45. The van der Waals surface area contributed by atoms with Crippen LogP contribution in [0.1, 0.15) is 5.56 Å². The Bertz CT molecular complexity index is 769. The number of nitrogens with zero attached hydrogens (tertiary/aromatic N) is 2. The number of benzene rings is 1. The average molecular weight is 290 g/mol. The van der Waals surface area contributed by atoms with Crippen LogP contribution in [0.15, 0.2) is 41.4 Å². The third kappa shape index (κ3) is 3.17. The van der Waals surface area contributed by atoms with E-state index in [1.54, 1.807) is 37.5 Å². The number of aromatic nitrogens is 2. The summed E-state index contributed by atoms with van der Waals surface area (Å²) in [4.78, 5) is 0.103. The molecule has 1 aromatic heterocycles. The number of anilines is 1. The molecule has 0 aliphatic carbocycles. The zero-order valence-corrected chi connectivity index (χ0v) is 11.7. The highest BCUT2D eigenvalue weighted by Gasteiger charge is 2.18. The van der Waals surface area contributed by atoms with Gasteiger partial charge in [-0.05, 0) is 12.1 Å². The predicted octanol–water partition coefficient (Wildman–Crippen LogP) is 0.531. The molecule has 7 heteroatoms. The van der Waals surface area contributed by atoms with E-state index >= 15 is 0 Å². The summed E-state index contributed by atoms with van der Waals surface area (Å²) in [5.74, 6) is 5.66. The van der Waals surface area contributed by atoms with Gasteiger partial charge in [-0.25, -0.2) is 8.42 Å². The van der Waals surface area contributed by atoms with Crippen LogP contribution in [0.2, 0.25) is 0 Å². The van der Waals surface area contributed by atoms with Gasteiger partial charge in [0.05, 0.1) is 6.54 Å². The van der Waals surface area contributed by atoms with Gasteiger partial charge in [0.1, 0.15) is 4.90 Å². The fourth-order valence-electron chi connectivity index (χ4n) is 1.61. The first-order chi connectivity index (χ1) is 9.53. The number of nitrogens with one attached hydrogen (secondary N) is 1. The van der Waals surface area contributed by atoms with Crippen molar-refractivity contribution in [3.63, 3.8) is 0 Å². The molecule has 2 rings (SSSR count). The Labute approximate surface area is 117 Å². The van der Waals surface area contributed by atoms with Crippen LogP contribution in [0, 0.1) is 11.8 Å². The highest BCUT2D eigenvalue weighted by Crippen LogP contribution is 2.17. The monoisotopic (exact) mass is 290 g/mol. The van der Waals surface area contributed by atoms with Crippen molar-refractivity contribution in [1.82, 2.24) is 9.78 Å². The lowest BCUT2D eigenvalue weighted by Gasteiger charge is -2.07. The summed E-state index contributed by atoms with van der Waals surface area (Å²) in [6.45, 7) is 0.169. The van der Waals surface area contributed by atoms with Crippen LogP contribution in [-0.2, 0) is 17.1 Å². The molecule has 0 aliphatic heterocycles. The lowest BCUT2D eigenvalue weighted by molar-refractivity contribution is 0.600. The van der Waals surface area contributed by atoms with Gasteiger partial charge in [0.25, 0.3) is 10.0 Å². The van der Waals surface area contributed by atoms with Crippen molar-refractivity contribution in [2.45, 2.75) is 4.90 Å². The molecule has 0 radical (unpaired) electrons. The SMILES string of the molecule is Cn1ccc(NS(=O)(=O)c2ccccc2C#CCN)n1. The Kier molecular flexibility index (Phi) is 4.08. The maximum absolute atomic E-state index is 12.3. The second-order valence-electron chi connectivity index (χ2n) is 3.98. The molecule has 6 nitrogen and oxygen atoms in total. The van der Waals surface area contributed by atoms with Gasteiger partial charge in [0.15, 0.2) is 5.82 Å². The molecule has 1 aromatic carbocycles. The quantitative estimate of drug-likeness (QED) is 0.807. The minimum Gasteiger partial charge on any atom is -0.320 e. The Balaban J connectivity index is 2.39. The van der Waals surface area contributed by atoms with Gasteiger partial charge in [-0.15, -0.1) is 0 Å².